The summed E-state index contributed by atoms with van der Waals surface area (Å²) in [5, 5.41) is 18.3. The van der Waals surface area contributed by atoms with Crippen LogP contribution in [-0.2, 0) is 4.79 Å². The number of nitrogens with one attached hydrogen (secondary N) is 1. The molecular formula is C10H22N4O2. The molecule has 0 rings (SSSR count). The molecule has 8 N–H and O–H groups in total. The average Bonchev–Trinajstić information content (AvgIpc) is 2.02. The second kappa shape index (κ2) is 13.2. The van der Waals surface area contributed by atoms with Crippen molar-refractivity contribution in [3.05, 3.63) is 0 Å². The van der Waals surface area contributed by atoms with Crippen molar-refractivity contribution in [2.45, 2.75) is 39.7 Å². The summed E-state index contributed by atoms with van der Waals surface area (Å²) in [6.07, 6.45) is 1.62. The van der Waals surface area contributed by atoms with Crippen molar-refractivity contribution in [3.8, 4) is 18.1 Å². The van der Waals surface area contributed by atoms with Gasteiger partial charge in [0.1, 0.15) is 12.5 Å². The number of aliphatic hydroxyl groups is 1. The van der Waals surface area contributed by atoms with Crippen LogP contribution >= 0.6 is 0 Å². The maximum atomic E-state index is 10.7. The van der Waals surface area contributed by atoms with Crippen LogP contribution in [0.25, 0.3) is 0 Å². The standard InChI is InChI=1S/C7H12N2O.C3H4O.2H3N/c1-7(2,3)9-6(10)4-5-8;1-2-3-4;;/h4H2,1-3H3,(H,9,10);4H,1H3;2*1H3. The van der Waals surface area contributed by atoms with E-state index >= 15 is 0 Å². The van der Waals surface area contributed by atoms with Gasteiger partial charge in [-0.05, 0) is 20.8 Å². The largest absolute Gasteiger partial charge is 0.462 e. The average molecular weight is 230 g/mol. The van der Waals surface area contributed by atoms with Gasteiger partial charge in [-0.1, -0.05) is 5.92 Å². The minimum atomic E-state index is -0.228. The molecule has 0 radical (unpaired) electrons. The number of carbonyl (C=O) groups is 1. The first-order valence-electron chi connectivity index (χ1n) is 4.11. The van der Waals surface area contributed by atoms with E-state index in [9.17, 15) is 4.79 Å². The van der Waals surface area contributed by atoms with Crippen LogP contribution in [0, 0.1) is 23.4 Å². The van der Waals surface area contributed by atoms with E-state index in [1.807, 2.05) is 20.8 Å². The zero-order valence-electron chi connectivity index (χ0n) is 10.4. The molecule has 0 aliphatic heterocycles. The van der Waals surface area contributed by atoms with Crippen LogP contribution in [0.3, 0.4) is 0 Å². The van der Waals surface area contributed by atoms with Crippen LogP contribution in [0.15, 0.2) is 0 Å². The molecule has 0 saturated heterocycles. The predicted octanol–water partition coefficient (Wildman–Crippen LogP) is 1.48. The normalized spacial score (nSPS) is 7.19. The molecular weight excluding hydrogens is 208 g/mol. The summed E-state index contributed by atoms with van der Waals surface area (Å²) in [6.45, 7) is 7.20. The molecule has 0 bridgehead atoms. The number of rotatable bonds is 1. The Bertz CT molecular complexity index is 259. The molecule has 0 spiro atoms. The molecule has 0 atom stereocenters. The van der Waals surface area contributed by atoms with Crippen LogP contribution in [0.4, 0.5) is 0 Å². The molecule has 0 aromatic carbocycles. The maximum Gasteiger partial charge on any atom is 0.234 e. The fourth-order valence-electron chi connectivity index (χ4n) is 0.534. The molecule has 16 heavy (non-hydrogen) atoms. The maximum absolute atomic E-state index is 10.7. The first-order chi connectivity index (χ1) is 6.37. The van der Waals surface area contributed by atoms with Crippen molar-refractivity contribution in [1.82, 2.24) is 17.6 Å². The van der Waals surface area contributed by atoms with E-state index in [1.165, 1.54) is 0 Å². The summed E-state index contributed by atoms with van der Waals surface area (Å²) >= 11 is 0. The van der Waals surface area contributed by atoms with Crippen LogP contribution < -0.4 is 17.6 Å². The molecule has 94 valence electrons. The summed E-state index contributed by atoms with van der Waals surface area (Å²) < 4.78 is 0. The van der Waals surface area contributed by atoms with Crippen LogP contribution in [-0.4, -0.2) is 16.6 Å². The summed E-state index contributed by atoms with van der Waals surface area (Å²) in [5.74, 6) is 2.02. The Hall–Kier alpha value is -1.76. The number of hydrogen-bond acceptors (Lipinski definition) is 5. The molecule has 0 aromatic heterocycles. The third-order valence-corrected chi connectivity index (χ3v) is 0.866. The Kier molecular flexibility index (Phi) is 19.7. The van der Waals surface area contributed by atoms with Crippen LogP contribution in [0.2, 0.25) is 0 Å². The SMILES string of the molecule is CC#CO.CC(C)(C)NC(=O)CC#N.N.N. The van der Waals surface area contributed by atoms with E-state index in [4.69, 9.17) is 10.4 Å². The summed E-state index contributed by atoms with van der Waals surface area (Å²) in [4.78, 5) is 10.7. The van der Waals surface area contributed by atoms with E-state index < -0.39 is 0 Å². The highest BCUT2D eigenvalue weighted by molar-refractivity contribution is 5.78. The highest BCUT2D eigenvalue weighted by Crippen LogP contribution is 1.98. The number of amides is 1. The lowest BCUT2D eigenvalue weighted by atomic mass is 10.1. The van der Waals surface area contributed by atoms with Gasteiger partial charge in [-0.2, -0.15) is 5.26 Å². The second-order valence-corrected chi connectivity index (χ2v) is 3.49. The van der Waals surface area contributed by atoms with Gasteiger partial charge in [0.05, 0.1) is 6.07 Å². The van der Waals surface area contributed by atoms with Crippen molar-refractivity contribution in [3.63, 3.8) is 0 Å². The number of hydrogen-bond donors (Lipinski definition) is 4. The van der Waals surface area contributed by atoms with Gasteiger partial charge in [0.15, 0.2) is 0 Å². The Morgan fingerprint density at radius 2 is 1.75 bits per heavy atom. The monoisotopic (exact) mass is 230 g/mol. The highest BCUT2D eigenvalue weighted by Gasteiger charge is 2.12. The summed E-state index contributed by atoms with van der Waals surface area (Å²) in [7, 11) is 0. The van der Waals surface area contributed by atoms with Gasteiger partial charge >= 0.3 is 0 Å². The number of nitriles is 1. The Morgan fingerprint density at radius 1 is 1.38 bits per heavy atom. The fraction of sp³-hybridized carbons (Fsp3) is 0.600. The van der Waals surface area contributed by atoms with Crippen LogP contribution in [0.1, 0.15) is 34.1 Å². The lowest BCUT2D eigenvalue weighted by Crippen LogP contribution is -2.40. The molecule has 6 nitrogen and oxygen atoms in total. The Labute approximate surface area is 97.2 Å². The summed E-state index contributed by atoms with van der Waals surface area (Å²) in [5.41, 5.74) is -0.228. The number of nitrogens with zero attached hydrogens (tertiary/aromatic N) is 1. The molecule has 0 unspecified atom stereocenters. The van der Waals surface area contributed by atoms with Gasteiger partial charge in [0, 0.05) is 12.5 Å². The van der Waals surface area contributed by atoms with Crippen molar-refractivity contribution < 1.29 is 9.90 Å². The number of carbonyl (C=O) groups excluding carboxylic acids is 1. The van der Waals surface area contributed by atoms with Gasteiger partial charge in [-0.15, -0.1) is 0 Å². The third kappa shape index (κ3) is 29.5. The quantitative estimate of drug-likeness (QED) is 0.504. The lowest BCUT2D eigenvalue weighted by Gasteiger charge is -2.19. The molecule has 6 heteroatoms. The first-order valence-corrected chi connectivity index (χ1v) is 4.11. The van der Waals surface area contributed by atoms with E-state index in [2.05, 4.69) is 11.2 Å². The predicted molar refractivity (Wildman–Crippen MR) is 63.6 cm³/mol. The topological polar surface area (TPSA) is 143 Å². The smallest absolute Gasteiger partial charge is 0.234 e. The van der Waals surface area contributed by atoms with Gasteiger partial charge in [0.25, 0.3) is 0 Å². The van der Waals surface area contributed by atoms with Gasteiger partial charge < -0.3 is 22.7 Å². The number of aliphatic hydroxyl groups excluding tert-OH is 1. The second-order valence-electron chi connectivity index (χ2n) is 3.49. The Balaban J connectivity index is -0.000000105. The van der Waals surface area contributed by atoms with Crippen molar-refractivity contribution >= 4 is 5.91 Å². The third-order valence-electron chi connectivity index (χ3n) is 0.866. The molecule has 0 aliphatic carbocycles. The molecule has 0 saturated carbocycles. The molecule has 0 fully saturated rings. The van der Waals surface area contributed by atoms with Gasteiger partial charge in [-0.25, -0.2) is 0 Å². The molecule has 0 heterocycles. The van der Waals surface area contributed by atoms with Crippen LogP contribution in [0.5, 0.6) is 0 Å². The summed E-state index contributed by atoms with van der Waals surface area (Å²) in [6, 6.07) is 1.78. The Morgan fingerprint density at radius 3 is 1.94 bits per heavy atom. The molecule has 0 aromatic rings. The molecule has 0 aliphatic rings. The van der Waals surface area contributed by atoms with Crippen molar-refractivity contribution in [2.75, 3.05) is 0 Å². The lowest BCUT2D eigenvalue weighted by molar-refractivity contribution is -0.121. The van der Waals surface area contributed by atoms with Gasteiger partial charge in [-0.3, -0.25) is 4.79 Å². The zero-order chi connectivity index (χ0) is 11.6. The van der Waals surface area contributed by atoms with Crippen molar-refractivity contribution in [2.24, 2.45) is 0 Å². The first kappa shape index (κ1) is 23.8. The van der Waals surface area contributed by atoms with E-state index in [1.54, 1.807) is 19.1 Å². The van der Waals surface area contributed by atoms with Crippen molar-refractivity contribution in [1.29, 1.82) is 5.26 Å². The minimum Gasteiger partial charge on any atom is -0.462 e. The minimum absolute atomic E-state index is 0. The van der Waals surface area contributed by atoms with E-state index in [0.717, 1.165) is 0 Å². The highest BCUT2D eigenvalue weighted by atomic mass is 16.2. The van der Waals surface area contributed by atoms with E-state index in [0.29, 0.717) is 0 Å². The molecule has 1 amide bonds. The van der Waals surface area contributed by atoms with Gasteiger partial charge in [0.2, 0.25) is 5.91 Å². The van der Waals surface area contributed by atoms with E-state index in [-0.39, 0.29) is 30.2 Å². The fourth-order valence-corrected chi connectivity index (χ4v) is 0.534. The zero-order valence-corrected chi connectivity index (χ0v) is 10.4.